The van der Waals surface area contributed by atoms with Crippen molar-refractivity contribution in [1.82, 2.24) is 15.5 Å². The van der Waals surface area contributed by atoms with Crippen molar-refractivity contribution in [3.05, 3.63) is 70.9 Å². The third-order valence-corrected chi connectivity index (χ3v) is 3.91. The number of ether oxygens (including phenoxy) is 1. The number of carbonyl (C=O) groups is 1. The van der Waals surface area contributed by atoms with E-state index < -0.39 is 6.36 Å². The molecule has 3 N–H and O–H groups in total. The summed E-state index contributed by atoms with van der Waals surface area (Å²) < 4.78 is 40.3. The molecule has 1 unspecified atom stereocenters. The van der Waals surface area contributed by atoms with Crippen LogP contribution in [0.15, 0.2) is 60.1 Å². The zero-order valence-electron chi connectivity index (χ0n) is 14.3. The summed E-state index contributed by atoms with van der Waals surface area (Å²) >= 11 is 0. The zero-order chi connectivity index (χ0) is 19.6. The first-order valence-electron chi connectivity index (χ1n) is 8.13. The molecule has 0 spiro atoms. The van der Waals surface area contributed by atoms with Crippen molar-refractivity contribution in [3.63, 3.8) is 0 Å². The highest BCUT2D eigenvalue weighted by atomic mass is 19.4. The number of benzene rings is 1. The number of halogens is 3. The number of hydrogen-bond donors (Lipinski definition) is 3. The fourth-order valence-corrected chi connectivity index (χ4v) is 2.71. The summed E-state index contributed by atoms with van der Waals surface area (Å²) in [4.78, 5) is 14.2. The van der Waals surface area contributed by atoms with Crippen LogP contribution in [-0.4, -0.2) is 17.2 Å². The monoisotopic (exact) mass is 382 g/mol. The molecular weight excluding hydrogens is 365 g/mol. The lowest BCUT2D eigenvalue weighted by Crippen LogP contribution is -2.98. The third kappa shape index (κ3) is 4.41. The SMILES string of the molecule is CCC1=C(C(=O)NCc2ccc(OC(F)(F)F)cc2)N2C=C[NH+]([O-])C=C2N1. The first kappa shape index (κ1) is 18.8. The molecule has 144 valence electrons. The first-order valence-corrected chi connectivity index (χ1v) is 8.13. The summed E-state index contributed by atoms with van der Waals surface area (Å²) in [6.07, 6.45) is 0.0855. The average molecular weight is 382 g/mol. The fourth-order valence-electron chi connectivity index (χ4n) is 2.71. The molecule has 2 aliphatic heterocycles. The Labute approximate surface area is 153 Å². The molecule has 0 bridgehead atoms. The third-order valence-electron chi connectivity index (χ3n) is 3.91. The Kier molecular flexibility index (Phi) is 5.10. The van der Waals surface area contributed by atoms with E-state index in [2.05, 4.69) is 15.4 Å². The molecule has 1 aromatic carbocycles. The van der Waals surface area contributed by atoms with E-state index >= 15 is 0 Å². The predicted octanol–water partition coefficient (Wildman–Crippen LogP) is 1.39. The molecule has 0 fully saturated rings. The Balaban J connectivity index is 1.65. The van der Waals surface area contributed by atoms with Crippen LogP contribution in [0.4, 0.5) is 13.2 Å². The van der Waals surface area contributed by atoms with Crippen molar-refractivity contribution in [3.8, 4) is 5.75 Å². The molecule has 27 heavy (non-hydrogen) atoms. The largest absolute Gasteiger partial charge is 0.624 e. The Morgan fingerprint density at radius 3 is 2.67 bits per heavy atom. The van der Waals surface area contributed by atoms with Crippen molar-refractivity contribution >= 4 is 5.91 Å². The summed E-state index contributed by atoms with van der Waals surface area (Å²) in [7, 11) is 0. The Bertz CT molecular complexity index is 816. The van der Waals surface area contributed by atoms with Crippen LogP contribution < -0.4 is 20.4 Å². The highest BCUT2D eigenvalue weighted by molar-refractivity contribution is 5.94. The molecule has 0 saturated carbocycles. The van der Waals surface area contributed by atoms with Gasteiger partial charge in [-0.15, -0.1) is 13.2 Å². The van der Waals surface area contributed by atoms with Crippen molar-refractivity contribution in [2.45, 2.75) is 26.3 Å². The van der Waals surface area contributed by atoms with Crippen LogP contribution in [0.5, 0.6) is 5.75 Å². The molecular formula is C17H17F3N4O3. The number of nitrogens with zero attached hydrogens (tertiary/aromatic N) is 1. The number of quaternary nitrogens is 1. The molecule has 0 aromatic heterocycles. The zero-order valence-corrected chi connectivity index (χ0v) is 14.3. The summed E-state index contributed by atoms with van der Waals surface area (Å²) in [5.74, 6) is -0.179. The average Bonchev–Trinajstić information content (AvgIpc) is 2.97. The van der Waals surface area contributed by atoms with E-state index in [0.29, 0.717) is 29.2 Å². The maximum Gasteiger partial charge on any atom is 0.573 e. The van der Waals surface area contributed by atoms with Gasteiger partial charge in [0.1, 0.15) is 23.8 Å². The number of allylic oxidation sites excluding steroid dienone is 1. The number of hydroxylamine groups is 2. The van der Waals surface area contributed by atoms with Gasteiger partial charge < -0.3 is 25.6 Å². The minimum absolute atomic E-state index is 0.126. The van der Waals surface area contributed by atoms with Crippen LogP contribution in [0.2, 0.25) is 0 Å². The van der Waals surface area contributed by atoms with Crippen LogP contribution in [0.25, 0.3) is 0 Å². The second-order valence-electron chi connectivity index (χ2n) is 5.80. The minimum Gasteiger partial charge on any atom is -0.624 e. The lowest BCUT2D eigenvalue weighted by Gasteiger charge is -2.24. The van der Waals surface area contributed by atoms with E-state index in [0.717, 1.165) is 0 Å². The van der Waals surface area contributed by atoms with Crippen LogP contribution >= 0.6 is 0 Å². The second kappa shape index (κ2) is 7.33. The van der Waals surface area contributed by atoms with Gasteiger partial charge in [0, 0.05) is 12.2 Å². The predicted molar refractivity (Wildman–Crippen MR) is 88.8 cm³/mol. The normalized spacial score (nSPS) is 18.8. The molecule has 0 aliphatic carbocycles. The number of amides is 1. The fraction of sp³-hybridized carbons (Fsp3) is 0.235. The summed E-state index contributed by atoms with van der Waals surface area (Å²) in [6, 6.07) is 5.24. The van der Waals surface area contributed by atoms with Crippen LogP contribution in [0.3, 0.4) is 0 Å². The van der Waals surface area contributed by atoms with Gasteiger partial charge in [-0.2, -0.15) is 0 Å². The topological polar surface area (TPSA) is 81.1 Å². The van der Waals surface area contributed by atoms with Crippen LogP contribution in [-0.2, 0) is 11.3 Å². The van der Waals surface area contributed by atoms with Gasteiger partial charge in [-0.3, -0.25) is 9.69 Å². The van der Waals surface area contributed by atoms with E-state index in [1.165, 1.54) is 42.9 Å². The van der Waals surface area contributed by atoms with Gasteiger partial charge in [-0.05, 0) is 24.1 Å². The van der Waals surface area contributed by atoms with Gasteiger partial charge in [-0.25, -0.2) is 0 Å². The Morgan fingerprint density at radius 1 is 1.33 bits per heavy atom. The van der Waals surface area contributed by atoms with Gasteiger partial charge in [0.2, 0.25) is 0 Å². The summed E-state index contributed by atoms with van der Waals surface area (Å²) in [5.41, 5.74) is 1.67. The van der Waals surface area contributed by atoms with E-state index in [1.54, 1.807) is 4.90 Å². The molecule has 1 amide bonds. The second-order valence-corrected chi connectivity index (χ2v) is 5.80. The number of nitrogens with one attached hydrogen (secondary N) is 3. The molecule has 1 atom stereocenters. The highest BCUT2D eigenvalue weighted by Crippen LogP contribution is 2.26. The lowest BCUT2D eigenvalue weighted by molar-refractivity contribution is -0.733. The molecule has 10 heteroatoms. The lowest BCUT2D eigenvalue weighted by atomic mass is 10.2. The van der Waals surface area contributed by atoms with Gasteiger partial charge in [-0.1, -0.05) is 19.1 Å². The molecule has 2 aliphatic rings. The van der Waals surface area contributed by atoms with Gasteiger partial charge >= 0.3 is 6.36 Å². The van der Waals surface area contributed by atoms with Crippen LogP contribution in [0.1, 0.15) is 18.9 Å². The number of hydrogen-bond acceptors (Lipinski definition) is 5. The molecule has 7 nitrogen and oxygen atoms in total. The van der Waals surface area contributed by atoms with E-state index in [4.69, 9.17) is 0 Å². The van der Waals surface area contributed by atoms with Gasteiger partial charge in [0.25, 0.3) is 5.91 Å². The van der Waals surface area contributed by atoms with Gasteiger partial charge in [0.15, 0.2) is 5.82 Å². The maximum atomic E-state index is 12.6. The van der Waals surface area contributed by atoms with E-state index in [-0.39, 0.29) is 23.3 Å². The first-order chi connectivity index (χ1) is 12.8. The number of rotatable bonds is 5. The smallest absolute Gasteiger partial charge is 0.573 e. The van der Waals surface area contributed by atoms with E-state index in [9.17, 15) is 23.2 Å². The van der Waals surface area contributed by atoms with Crippen molar-refractivity contribution < 1.29 is 27.8 Å². The quantitative estimate of drug-likeness (QED) is 0.671. The Hall–Kier alpha value is -2.98. The number of alkyl halides is 3. The molecule has 0 radical (unpaired) electrons. The molecule has 1 aromatic rings. The molecule has 3 rings (SSSR count). The van der Waals surface area contributed by atoms with E-state index in [1.807, 2.05) is 6.92 Å². The summed E-state index contributed by atoms with van der Waals surface area (Å²) in [5, 5.41) is 17.1. The summed E-state index contributed by atoms with van der Waals surface area (Å²) in [6.45, 7) is 2.00. The molecule has 2 heterocycles. The standard InChI is InChI=1S/C17H17F3N4O3/c1-2-13-15(24-8-7-23(26)10-14(24)22-13)16(25)21-9-11-3-5-12(6-4-11)27-17(18,19)20/h3-8,10,22-23H,2,9H2,1H3,(H,21,25). The maximum absolute atomic E-state index is 12.6. The Morgan fingerprint density at radius 2 is 2.04 bits per heavy atom. The highest BCUT2D eigenvalue weighted by Gasteiger charge is 2.32. The molecule has 0 saturated heterocycles. The van der Waals surface area contributed by atoms with Crippen molar-refractivity contribution in [2.75, 3.05) is 0 Å². The van der Waals surface area contributed by atoms with Crippen molar-refractivity contribution in [1.29, 1.82) is 0 Å². The number of fused-ring (bicyclic) bond motifs is 1. The number of carbonyl (C=O) groups excluding carboxylic acids is 1. The van der Waals surface area contributed by atoms with Crippen LogP contribution in [0, 0.1) is 5.21 Å². The minimum atomic E-state index is -4.75. The van der Waals surface area contributed by atoms with Gasteiger partial charge in [0.05, 0.1) is 6.20 Å². The van der Waals surface area contributed by atoms with Crippen molar-refractivity contribution in [2.24, 2.45) is 0 Å².